The predicted molar refractivity (Wildman–Crippen MR) is 61.0 cm³/mol. The van der Waals surface area contributed by atoms with Crippen molar-refractivity contribution in [3.05, 3.63) is 12.7 Å². The molecule has 0 radical (unpaired) electrons. The molecule has 0 aliphatic carbocycles. The van der Waals surface area contributed by atoms with E-state index in [9.17, 15) is 0 Å². The summed E-state index contributed by atoms with van der Waals surface area (Å²) in [5.41, 5.74) is 7.61. The number of rotatable bonds is 1. The zero-order valence-corrected chi connectivity index (χ0v) is 9.09. The van der Waals surface area contributed by atoms with Gasteiger partial charge in [0.2, 0.25) is 0 Å². The second-order valence-electron chi connectivity index (χ2n) is 4.34. The third-order valence-electron chi connectivity index (χ3n) is 3.17. The number of hydrogen-bond donors (Lipinski definition) is 2. The fraction of sp³-hybridized carbons (Fsp3) is 0.500. The summed E-state index contributed by atoms with van der Waals surface area (Å²) in [6, 6.07) is 0.216. The second kappa shape index (κ2) is 3.41. The molecule has 16 heavy (non-hydrogen) atoms. The summed E-state index contributed by atoms with van der Waals surface area (Å²) in [7, 11) is 0. The van der Waals surface area contributed by atoms with E-state index in [0.717, 1.165) is 24.4 Å². The van der Waals surface area contributed by atoms with Crippen LogP contribution in [-0.4, -0.2) is 39.1 Å². The molecule has 2 unspecified atom stereocenters. The Kier molecular flexibility index (Phi) is 2.03. The Labute approximate surface area is 92.9 Å². The van der Waals surface area contributed by atoms with Crippen LogP contribution < -0.4 is 10.6 Å². The smallest absolute Gasteiger partial charge is 0.182 e. The summed E-state index contributed by atoms with van der Waals surface area (Å²) in [5.74, 6) is 1.40. The number of nitrogens with one attached hydrogen (secondary N) is 1. The third-order valence-corrected chi connectivity index (χ3v) is 3.17. The molecular weight excluding hydrogens is 204 g/mol. The van der Waals surface area contributed by atoms with E-state index in [1.54, 1.807) is 12.7 Å². The lowest BCUT2D eigenvalue weighted by molar-refractivity contribution is 0.566. The van der Waals surface area contributed by atoms with E-state index in [0.29, 0.717) is 11.6 Å². The van der Waals surface area contributed by atoms with Crippen molar-refractivity contribution in [3.63, 3.8) is 0 Å². The third kappa shape index (κ3) is 1.34. The van der Waals surface area contributed by atoms with E-state index in [2.05, 4.69) is 31.8 Å². The van der Waals surface area contributed by atoms with Crippen molar-refractivity contribution in [1.29, 1.82) is 0 Å². The second-order valence-corrected chi connectivity index (χ2v) is 4.34. The Morgan fingerprint density at radius 3 is 3.00 bits per heavy atom. The average molecular weight is 218 g/mol. The maximum absolute atomic E-state index is 6.01. The highest BCUT2D eigenvalue weighted by atomic mass is 15.2. The van der Waals surface area contributed by atoms with Gasteiger partial charge in [-0.2, -0.15) is 0 Å². The van der Waals surface area contributed by atoms with Crippen LogP contribution in [0.3, 0.4) is 0 Å². The van der Waals surface area contributed by atoms with Gasteiger partial charge in [-0.1, -0.05) is 6.92 Å². The Bertz CT molecular complexity index is 497. The monoisotopic (exact) mass is 218 g/mol. The van der Waals surface area contributed by atoms with Gasteiger partial charge in [0.15, 0.2) is 11.5 Å². The average Bonchev–Trinajstić information content (AvgIpc) is 2.85. The van der Waals surface area contributed by atoms with Gasteiger partial charge < -0.3 is 15.6 Å². The van der Waals surface area contributed by atoms with E-state index in [-0.39, 0.29) is 6.04 Å². The normalized spacial score (nSPS) is 25.5. The molecule has 2 atom stereocenters. The zero-order chi connectivity index (χ0) is 11.1. The molecule has 0 bridgehead atoms. The molecule has 2 aromatic heterocycles. The molecule has 3 heterocycles. The van der Waals surface area contributed by atoms with Gasteiger partial charge in [0, 0.05) is 19.1 Å². The Hall–Kier alpha value is -1.69. The van der Waals surface area contributed by atoms with Crippen LogP contribution in [-0.2, 0) is 0 Å². The molecule has 1 aliphatic rings. The summed E-state index contributed by atoms with van der Waals surface area (Å²) in [4.78, 5) is 17.8. The summed E-state index contributed by atoms with van der Waals surface area (Å²) < 4.78 is 0. The minimum atomic E-state index is 0.216. The van der Waals surface area contributed by atoms with E-state index in [4.69, 9.17) is 5.73 Å². The first-order valence-corrected chi connectivity index (χ1v) is 5.40. The first-order chi connectivity index (χ1) is 7.75. The Morgan fingerprint density at radius 2 is 2.25 bits per heavy atom. The van der Waals surface area contributed by atoms with Crippen LogP contribution >= 0.6 is 0 Å². The maximum Gasteiger partial charge on any atom is 0.182 e. The molecule has 3 rings (SSSR count). The van der Waals surface area contributed by atoms with Crippen molar-refractivity contribution < 1.29 is 0 Å². The minimum Gasteiger partial charge on any atom is -0.353 e. The van der Waals surface area contributed by atoms with Crippen LogP contribution in [0.25, 0.3) is 11.2 Å². The Balaban J connectivity index is 2.03. The quantitative estimate of drug-likeness (QED) is 0.711. The number of aromatic nitrogens is 4. The summed E-state index contributed by atoms with van der Waals surface area (Å²) in [6.07, 6.45) is 3.19. The van der Waals surface area contributed by atoms with Gasteiger partial charge in [-0.25, -0.2) is 15.0 Å². The maximum atomic E-state index is 6.01. The first-order valence-electron chi connectivity index (χ1n) is 5.40. The highest BCUT2D eigenvalue weighted by Gasteiger charge is 2.28. The molecule has 6 heteroatoms. The number of fused-ring (bicyclic) bond motifs is 1. The molecular formula is C10H14N6. The number of aromatic amines is 1. The van der Waals surface area contributed by atoms with Crippen molar-refractivity contribution >= 4 is 17.0 Å². The van der Waals surface area contributed by atoms with Crippen LogP contribution in [0.5, 0.6) is 0 Å². The molecule has 84 valence electrons. The fourth-order valence-corrected chi connectivity index (χ4v) is 2.16. The number of anilines is 1. The van der Waals surface area contributed by atoms with Crippen LogP contribution in [0, 0.1) is 5.92 Å². The van der Waals surface area contributed by atoms with Gasteiger partial charge in [-0.3, -0.25) is 0 Å². The standard InChI is InChI=1S/C10H14N6/c1-6-2-16(3-7(6)11)10-8-9(13-4-12-8)14-5-15-10/h4-7H,2-3,11H2,1H3,(H,12,13,14,15). The summed E-state index contributed by atoms with van der Waals surface area (Å²) >= 11 is 0. The van der Waals surface area contributed by atoms with Gasteiger partial charge in [0.05, 0.1) is 6.33 Å². The topological polar surface area (TPSA) is 83.7 Å². The summed E-state index contributed by atoms with van der Waals surface area (Å²) in [6.45, 7) is 3.94. The first kappa shape index (κ1) is 9.53. The molecule has 0 spiro atoms. The molecule has 0 saturated carbocycles. The highest BCUT2D eigenvalue weighted by molar-refractivity contribution is 5.82. The van der Waals surface area contributed by atoms with Gasteiger partial charge in [0.25, 0.3) is 0 Å². The lowest BCUT2D eigenvalue weighted by Crippen LogP contribution is -2.28. The van der Waals surface area contributed by atoms with Crippen LogP contribution in [0.2, 0.25) is 0 Å². The van der Waals surface area contributed by atoms with Crippen LogP contribution in [0.15, 0.2) is 12.7 Å². The SMILES string of the molecule is CC1CN(c2ncnc3nc[nH]c23)CC1N. The number of nitrogens with two attached hydrogens (primary N) is 1. The molecule has 1 saturated heterocycles. The number of nitrogens with zero attached hydrogens (tertiary/aromatic N) is 4. The van der Waals surface area contributed by atoms with Gasteiger partial charge in [-0.05, 0) is 5.92 Å². The van der Waals surface area contributed by atoms with Gasteiger partial charge in [-0.15, -0.1) is 0 Å². The molecule has 6 nitrogen and oxygen atoms in total. The van der Waals surface area contributed by atoms with Crippen LogP contribution in [0.1, 0.15) is 6.92 Å². The predicted octanol–water partition coefficient (Wildman–Crippen LogP) is 0.136. The molecule has 0 aromatic carbocycles. The zero-order valence-electron chi connectivity index (χ0n) is 9.09. The van der Waals surface area contributed by atoms with Gasteiger partial charge >= 0.3 is 0 Å². The summed E-state index contributed by atoms with van der Waals surface area (Å²) in [5, 5.41) is 0. The number of imidazole rings is 1. The fourth-order valence-electron chi connectivity index (χ4n) is 2.16. The molecule has 1 aliphatic heterocycles. The molecule has 1 fully saturated rings. The van der Waals surface area contributed by atoms with Crippen molar-refractivity contribution in [2.75, 3.05) is 18.0 Å². The van der Waals surface area contributed by atoms with Crippen molar-refractivity contribution in [1.82, 2.24) is 19.9 Å². The van der Waals surface area contributed by atoms with Crippen molar-refractivity contribution in [2.24, 2.45) is 11.7 Å². The van der Waals surface area contributed by atoms with E-state index < -0.39 is 0 Å². The number of H-pyrrole nitrogens is 1. The Morgan fingerprint density at radius 1 is 1.38 bits per heavy atom. The van der Waals surface area contributed by atoms with Crippen molar-refractivity contribution in [2.45, 2.75) is 13.0 Å². The molecule has 3 N–H and O–H groups in total. The minimum absolute atomic E-state index is 0.216. The molecule has 2 aromatic rings. The van der Waals surface area contributed by atoms with E-state index in [1.807, 2.05) is 0 Å². The van der Waals surface area contributed by atoms with E-state index in [1.165, 1.54) is 0 Å². The largest absolute Gasteiger partial charge is 0.353 e. The molecule has 0 amide bonds. The lowest BCUT2D eigenvalue weighted by atomic mass is 10.1. The van der Waals surface area contributed by atoms with Crippen LogP contribution in [0.4, 0.5) is 5.82 Å². The lowest BCUT2D eigenvalue weighted by Gasteiger charge is -2.16. The number of hydrogen-bond acceptors (Lipinski definition) is 5. The van der Waals surface area contributed by atoms with Gasteiger partial charge in [0.1, 0.15) is 11.8 Å². The highest BCUT2D eigenvalue weighted by Crippen LogP contribution is 2.25. The van der Waals surface area contributed by atoms with E-state index >= 15 is 0 Å². The van der Waals surface area contributed by atoms with Crippen molar-refractivity contribution in [3.8, 4) is 0 Å².